The van der Waals surface area contributed by atoms with Gasteiger partial charge in [0.1, 0.15) is 5.75 Å². The predicted molar refractivity (Wildman–Crippen MR) is 79.9 cm³/mol. The van der Waals surface area contributed by atoms with Crippen LogP contribution in [0.15, 0.2) is 18.2 Å². The molecule has 1 amide bonds. The van der Waals surface area contributed by atoms with Crippen molar-refractivity contribution in [1.29, 1.82) is 0 Å². The maximum atomic E-state index is 12.1. The molecule has 1 aliphatic rings. The van der Waals surface area contributed by atoms with E-state index in [9.17, 15) is 14.4 Å². The third-order valence-corrected chi connectivity index (χ3v) is 2.97. The molecule has 0 saturated carbocycles. The summed E-state index contributed by atoms with van der Waals surface area (Å²) < 4.78 is 10.2. The van der Waals surface area contributed by atoms with Crippen molar-refractivity contribution in [3.63, 3.8) is 0 Å². The molecule has 118 valence electrons. The number of esters is 1. The van der Waals surface area contributed by atoms with E-state index in [-0.39, 0.29) is 36.7 Å². The Morgan fingerprint density at radius 2 is 2.05 bits per heavy atom. The smallest absolute Gasteiger partial charge is 0.306 e. The van der Waals surface area contributed by atoms with E-state index in [1.807, 2.05) is 20.8 Å². The molecule has 1 N–H and O–H groups in total. The van der Waals surface area contributed by atoms with E-state index in [1.54, 1.807) is 12.1 Å². The van der Waals surface area contributed by atoms with Crippen LogP contribution in [0, 0.1) is 5.41 Å². The largest absolute Gasteiger partial charge is 0.482 e. The van der Waals surface area contributed by atoms with Gasteiger partial charge in [-0.2, -0.15) is 0 Å². The number of ketones is 1. The van der Waals surface area contributed by atoms with Crippen molar-refractivity contribution in [3.05, 3.63) is 23.8 Å². The van der Waals surface area contributed by atoms with Gasteiger partial charge in [0, 0.05) is 5.56 Å². The van der Waals surface area contributed by atoms with Gasteiger partial charge in [-0.3, -0.25) is 14.4 Å². The van der Waals surface area contributed by atoms with Gasteiger partial charge in [0.15, 0.2) is 19.0 Å². The van der Waals surface area contributed by atoms with Crippen LogP contribution in [-0.2, 0) is 14.3 Å². The topological polar surface area (TPSA) is 81.7 Å². The van der Waals surface area contributed by atoms with Gasteiger partial charge >= 0.3 is 5.97 Å². The lowest BCUT2D eigenvalue weighted by molar-refractivity contribution is -0.144. The predicted octanol–water partition coefficient (Wildman–Crippen LogP) is 2.18. The zero-order valence-electron chi connectivity index (χ0n) is 12.9. The van der Waals surface area contributed by atoms with Crippen LogP contribution >= 0.6 is 0 Å². The van der Waals surface area contributed by atoms with Crippen molar-refractivity contribution in [2.45, 2.75) is 27.2 Å². The molecule has 2 rings (SSSR count). The van der Waals surface area contributed by atoms with Gasteiger partial charge in [0.25, 0.3) is 5.91 Å². The highest BCUT2D eigenvalue weighted by molar-refractivity contribution is 6.01. The summed E-state index contributed by atoms with van der Waals surface area (Å²) in [6, 6.07) is 4.71. The quantitative estimate of drug-likeness (QED) is 0.681. The third-order valence-electron chi connectivity index (χ3n) is 2.97. The van der Waals surface area contributed by atoms with Gasteiger partial charge in [0.05, 0.1) is 12.1 Å². The highest BCUT2D eigenvalue weighted by Gasteiger charge is 2.20. The number of carbonyl (C=O) groups excluding carboxylic acids is 3. The van der Waals surface area contributed by atoms with Gasteiger partial charge in [-0.05, 0) is 23.6 Å². The number of fused-ring (bicyclic) bond motifs is 1. The number of nitrogens with one attached hydrogen (secondary N) is 1. The fourth-order valence-corrected chi connectivity index (χ4v) is 1.97. The van der Waals surface area contributed by atoms with Gasteiger partial charge in [-0.25, -0.2) is 0 Å². The number of anilines is 1. The van der Waals surface area contributed by atoms with E-state index in [4.69, 9.17) is 9.47 Å². The zero-order valence-corrected chi connectivity index (χ0v) is 12.9. The van der Waals surface area contributed by atoms with Gasteiger partial charge in [-0.15, -0.1) is 0 Å². The van der Waals surface area contributed by atoms with Crippen molar-refractivity contribution in [3.8, 4) is 5.75 Å². The number of Topliss-reactive ketones (excluding diaryl/α,β-unsaturated/α-hetero) is 1. The van der Waals surface area contributed by atoms with Crippen molar-refractivity contribution in [2.75, 3.05) is 18.5 Å². The second kappa shape index (κ2) is 6.17. The van der Waals surface area contributed by atoms with Gasteiger partial charge in [0.2, 0.25) is 0 Å². The summed E-state index contributed by atoms with van der Waals surface area (Å²) in [7, 11) is 0. The number of carbonyl (C=O) groups is 3. The molecule has 0 atom stereocenters. The number of rotatable bonds is 4. The minimum atomic E-state index is -0.407. The van der Waals surface area contributed by atoms with E-state index >= 15 is 0 Å². The first-order valence-corrected chi connectivity index (χ1v) is 7.00. The van der Waals surface area contributed by atoms with Crippen LogP contribution in [0.1, 0.15) is 37.6 Å². The third kappa shape index (κ3) is 4.31. The van der Waals surface area contributed by atoms with E-state index in [2.05, 4.69) is 5.32 Å². The van der Waals surface area contributed by atoms with Crippen LogP contribution in [0.3, 0.4) is 0 Å². The Labute approximate surface area is 128 Å². The molecular weight excluding hydrogens is 286 g/mol. The molecular formula is C16H19NO5. The Hall–Kier alpha value is -2.37. The Morgan fingerprint density at radius 3 is 2.73 bits per heavy atom. The minimum absolute atomic E-state index is 0.0370. The second-order valence-corrected chi connectivity index (χ2v) is 6.37. The molecule has 6 nitrogen and oxygen atoms in total. The highest BCUT2D eigenvalue weighted by Crippen LogP contribution is 2.28. The van der Waals surface area contributed by atoms with Crippen LogP contribution in [0.2, 0.25) is 0 Å². The fraction of sp³-hybridized carbons (Fsp3) is 0.438. The summed E-state index contributed by atoms with van der Waals surface area (Å²) in [6.45, 7) is 5.40. The maximum Gasteiger partial charge on any atom is 0.306 e. The molecule has 22 heavy (non-hydrogen) atoms. The van der Waals surface area contributed by atoms with Crippen molar-refractivity contribution >= 4 is 23.3 Å². The van der Waals surface area contributed by atoms with E-state index in [0.717, 1.165) is 0 Å². The summed E-state index contributed by atoms with van der Waals surface area (Å²) in [4.78, 5) is 34.9. The summed E-state index contributed by atoms with van der Waals surface area (Å²) in [6.07, 6.45) is 0.244. The molecule has 6 heteroatoms. The molecule has 0 unspecified atom stereocenters. The summed E-state index contributed by atoms with van der Waals surface area (Å²) >= 11 is 0. The van der Waals surface area contributed by atoms with Gasteiger partial charge in [-0.1, -0.05) is 20.8 Å². The first-order valence-electron chi connectivity index (χ1n) is 7.00. The monoisotopic (exact) mass is 305 g/mol. The normalized spacial score (nSPS) is 13.7. The fourth-order valence-electron chi connectivity index (χ4n) is 1.97. The van der Waals surface area contributed by atoms with E-state index < -0.39 is 5.97 Å². The standard InChI is InChI=1S/C16H19NO5/c1-16(2,3)7-15(20)22-8-12(18)10-4-5-13-11(6-10)17-14(19)9-21-13/h4-6H,7-9H2,1-3H3,(H,17,19). The van der Waals surface area contributed by atoms with E-state index in [1.165, 1.54) is 6.07 Å². The summed E-state index contributed by atoms with van der Waals surface area (Å²) in [5, 5.41) is 2.63. The second-order valence-electron chi connectivity index (χ2n) is 6.37. The molecule has 0 radical (unpaired) electrons. The van der Waals surface area contributed by atoms with Crippen molar-refractivity contribution < 1.29 is 23.9 Å². The molecule has 1 aliphatic heterocycles. The molecule has 0 aromatic heterocycles. The average molecular weight is 305 g/mol. The first-order chi connectivity index (χ1) is 10.2. The maximum absolute atomic E-state index is 12.1. The number of amides is 1. The lowest BCUT2D eigenvalue weighted by atomic mass is 9.92. The Morgan fingerprint density at radius 1 is 1.32 bits per heavy atom. The minimum Gasteiger partial charge on any atom is -0.482 e. The molecule has 1 aromatic carbocycles. The molecule has 0 saturated heterocycles. The van der Waals surface area contributed by atoms with Crippen LogP contribution in [-0.4, -0.2) is 30.9 Å². The highest BCUT2D eigenvalue weighted by atomic mass is 16.5. The zero-order chi connectivity index (χ0) is 16.3. The average Bonchev–Trinajstić information content (AvgIpc) is 2.42. The molecule has 0 fully saturated rings. The van der Waals surface area contributed by atoms with Crippen LogP contribution < -0.4 is 10.1 Å². The number of hydrogen-bond acceptors (Lipinski definition) is 5. The first kappa shape index (κ1) is 16.0. The Balaban J connectivity index is 1.97. The summed E-state index contributed by atoms with van der Waals surface area (Å²) in [5.74, 6) is -0.491. The van der Waals surface area contributed by atoms with Crippen molar-refractivity contribution in [2.24, 2.45) is 5.41 Å². The van der Waals surface area contributed by atoms with Crippen LogP contribution in [0.25, 0.3) is 0 Å². The van der Waals surface area contributed by atoms with Crippen LogP contribution in [0.4, 0.5) is 5.69 Å². The molecule has 0 bridgehead atoms. The number of benzene rings is 1. The lowest BCUT2D eigenvalue weighted by Crippen LogP contribution is -2.25. The number of hydrogen-bond donors (Lipinski definition) is 1. The summed E-state index contributed by atoms with van der Waals surface area (Å²) in [5.41, 5.74) is 0.615. The van der Waals surface area contributed by atoms with E-state index in [0.29, 0.717) is 17.0 Å². The van der Waals surface area contributed by atoms with Crippen molar-refractivity contribution in [1.82, 2.24) is 0 Å². The number of ether oxygens (including phenoxy) is 2. The Kier molecular flexibility index (Phi) is 4.49. The van der Waals surface area contributed by atoms with Crippen LogP contribution in [0.5, 0.6) is 5.75 Å². The van der Waals surface area contributed by atoms with Gasteiger partial charge < -0.3 is 14.8 Å². The molecule has 1 aromatic rings. The lowest BCUT2D eigenvalue weighted by Gasteiger charge is -2.18. The SMILES string of the molecule is CC(C)(C)CC(=O)OCC(=O)c1ccc2c(c1)NC(=O)CO2. The molecule has 0 spiro atoms. The Bertz CT molecular complexity index is 615. The molecule has 0 aliphatic carbocycles. The molecule has 1 heterocycles.